The van der Waals surface area contributed by atoms with Crippen LogP contribution in [-0.2, 0) is 11.3 Å². The Morgan fingerprint density at radius 2 is 2.03 bits per heavy atom. The topological polar surface area (TPSA) is 98.1 Å². The van der Waals surface area contributed by atoms with Crippen LogP contribution < -0.4 is 15.0 Å². The second kappa shape index (κ2) is 7.39. The van der Waals surface area contributed by atoms with Gasteiger partial charge in [0.2, 0.25) is 0 Å². The van der Waals surface area contributed by atoms with E-state index in [1.807, 2.05) is 10.6 Å². The van der Waals surface area contributed by atoms with Crippen molar-refractivity contribution in [1.29, 1.82) is 0 Å². The molecule has 1 saturated heterocycles. The summed E-state index contributed by atoms with van der Waals surface area (Å²) in [5, 5.41) is 10.3. The molecule has 2 bridgehead atoms. The lowest BCUT2D eigenvalue weighted by Crippen LogP contribution is -2.50. The van der Waals surface area contributed by atoms with E-state index in [1.165, 1.54) is 6.07 Å². The first-order valence-electron chi connectivity index (χ1n) is 10.9. The van der Waals surface area contributed by atoms with Crippen LogP contribution in [0.3, 0.4) is 0 Å². The number of ether oxygens (including phenoxy) is 2. The van der Waals surface area contributed by atoms with Crippen molar-refractivity contribution in [3.63, 3.8) is 0 Å². The predicted molar refractivity (Wildman–Crippen MR) is 115 cm³/mol. The molecule has 2 aromatic rings. The van der Waals surface area contributed by atoms with Crippen molar-refractivity contribution in [2.45, 2.75) is 44.8 Å². The lowest BCUT2D eigenvalue weighted by Gasteiger charge is -2.42. The van der Waals surface area contributed by atoms with E-state index in [2.05, 4.69) is 0 Å². The molecule has 5 rings (SSSR count). The molecular weight excluding hydrogens is 412 g/mol. The minimum Gasteiger partial charge on any atom is -0.507 e. The van der Waals surface area contributed by atoms with Crippen LogP contribution >= 0.6 is 0 Å². The van der Waals surface area contributed by atoms with Crippen molar-refractivity contribution in [3.05, 3.63) is 51.9 Å². The van der Waals surface area contributed by atoms with E-state index in [0.29, 0.717) is 19.6 Å². The number of likely N-dealkylation sites (tertiary alicyclic amines) is 1. The van der Waals surface area contributed by atoms with Gasteiger partial charge in [0.15, 0.2) is 12.4 Å². The number of benzene rings is 1. The monoisotopic (exact) mass is 438 g/mol. The Labute approximate surface area is 185 Å². The van der Waals surface area contributed by atoms with Gasteiger partial charge in [-0.1, -0.05) is 6.07 Å². The van der Waals surface area contributed by atoms with Crippen molar-refractivity contribution in [2.75, 3.05) is 19.7 Å². The van der Waals surface area contributed by atoms with E-state index >= 15 is 0 Å². The smallest absolute Gasteiger partial charge is 0.260 e. The Morgan fingerprint density at radius 3 is 2.84 bits per heavy atom. The molecule has 32 heavy (non-hydrogen) atoms. The predicted octanol–water partition coefficient (Wildman–Crippen LogP) is 2.32. The molecular formula is C24H26N2O6. The molecule has 1 aromatic heterocycles. The standard InChI is InChI=1S/C24H26N2O6/c1-24(2)9-19(28)23-18(27)7-16(8-20(23)32-24)31-13-22(30)25-10-14-6-15(12-25)17-4-3-5-21(29)26(17)11-14/h3-5,7-8,14-15,27H,6,9-13H2,1-2H3. The number of fused-ring (bicyclic) bond motifs is 5. The number of phenols is 1. The number of hydrogen-bond acceptors (Lipinski definition) is 6. The van der Waals surface area contributed by atoms with Gasteiger partial charge in [0.25, 0.3) is 11.5 Å². The fourth-order valence-electron chi connectivity index (χ4n) is 5.17. The summed E-state index contributed by atoms with van der Waals surface area (Å²) in [5.41, 5.74) is 0.475. The van der Waals surface area contributed by atoms with Crippen LogP contribution in [0.2, 0.25) is 0 Å². The Balaban J connectivity index is 1.29. The zero-order valence-electron chi connectivity index (χ0n) is 18.2. The molecule has 3 aliphatic rings. The van der Waals surface area contributed by atoms with E-state index in [9.17, 15) is 19.5 Å². The first-order valence-corrected chi connectivity index (χ1v) is 10.9. The van der Waals surface area contributed by atoms with Crippen LogP contribution in [0, 0.1) is 5.92 Å². The van der Waals surface area contributed by atoms with Crippen LogP contribution in [-0.4, -0.2) is 51.6 Å². The highest BCUT2D eigenvalue weighted by Crippen LogP contribution is 2.41. The quantitative estimate of drug-likeness (QED) is 0.790. The molecule has 2 unspecified atom stereocenters. The van der Waals surface area contributed by atoms with Crippen molar-refractivity contribution in [1.82, 2.24) is 9.47 Å². The lowest BCUT2D eigenvalue weighted by molar-refractivity contribution is -0.136. The maximum atomic E-state index is 12.9. The Hall–Kier alpha value is -3.29. The molecule has 3 aliphatic heterocycles. The first-order chi connectivity index (χ1) is 15.2. The molecule has 0 radical (unpaired) electrons. The number of hydrogen-bond donors (Lipinski definition) is 1. The number of ketones is 1. The number of piperidine rings is 1. The Kier molecular flexibility index (Phi) is 4.76. The van der Waals surface area contributed by atoms with Crippen LogP contribution in [0.1, 0.15) is 48.7 Å². The number of amides is 1. The van der Waals surface area contributed by atoms with Gasteiger partial charge < -0.3 is 24.0 Å². The summed E-state index contributed by atoms with van der Waals surface area (Å²) in [7, 11) is 0. The van der Waals surface area contributed by atoms with Gasteiger partial charge in [0.05, 0.1) is 6.42 Å². The molecule has 1 amide bonds. The average Bonchev–Trinajstić information content (AvgIpc) is 2.71. The fraction of sp³-hybridized carbons (Fsp3) is 0.458. The van der Waals surface area contributed by atoms with Crippen molar-refractivity contribution in [2.24, 2.45) is 5.92 Å². The average molecular weight is 438 g/mol. The van der Waals surface area contributed by atoms with Gasteiger partial charge in [0, 0.05) is 49.4 Å². The highest BCUT2D eigenvalue weighted by molar-refractivity contribution is 6.03. The van der Waals surface area contributed by atoms with E-state index in [0.717, 1.165) is 12.1 Å². The summed E-state index contributed by atoms with van der Waals surface area (Å²) in [6.45, 7) is 5.18. The van der Waals surface area contributed by atoms with Gasteiger partial charge in [-0.25, -0.2) is 0 Å². The molecule has 1 fully saturated rings. The molecule has 8 nitrogen and oxygen atoms in total. The second-order valence-corrected chi connectivity index (χ2v) is 9.56. The number of carbonyl (C=O) groups excluding carboxylic acids is 2. The van der Waals surface area contributed by atoms with Gasteiger partial charge in [-0.05, 0) is 32.3 Å². The molecule has 168 valence electrons. The summed E-state index contributed by atoms with van der Waals surface area (Å²) >= 11 is 0. The van der Waals surface area contributed by atoms with Gasteiger partial charge >= 0.3 is 0 Å². The van der Waals surface area contributed by atoms with Crippen LogP contribution in [0.25, 0.3) is 0 Å². The van der Waals surface area contributed by atoms with Gasteiger partial charge in [0.1, 0.15) is 28.4 Å². The minimum atomic E-state index is -0.672. The number of rotatable bonds is 3. The molecule has 4 heterocycles. The summed E-state index contributed by atoms with van der Waals surface area (Å²) in [6, 6.07) is 8.21. The van der Waals surface area contributed by atoms with Crippen molar-refractivity contribution in [3.8, 4) is 17.2 Å². The number of aromatic nitrogens is 1. The molecule has 0 spiro atoms. The van der Waals surface area contributed by atoms with Crippen molar-refractivity contribution >= 4 is 11.7 Å². The lowest BCUT2D eigenvalue weighted by atomic mass is 9.83. The normalized spacial score (nSPS) is 23.1. The fourth-order valence-corrected chi connectivity index (χ4v) is 5.17. The number of aromatic hydroxyl groups is 1. The number of phenolic OH excluding ortho intramolecular Hbond substituents is 1. The van der Waals surface area contributed by atoms with Gasteiger partial charge in [-0.2, -0.15) is 0 Å². The van der Waals surface area contributed by atoms with Crippen molar-refractivity contribution < 1.29 is 24.2 Å². The van der Waals surface area contributed by atoms with Gasteiger partial charge in [-0.15, -0.1) is 0 Å². The number of carbonyl (C=O) groups is 2. The third-order valence-electron chi connectivity index (χ3n) is 6.50. The first kappa shape index (κ1) is 20.6. The SMILES string of the molecule is CC1(C)CC(=O)c2c(O)cc(OCC(=O)N3CC4CC(C3)c3cccc(=O)n3C4)cc2O1. The zero-order valence-corrected chi connectivity index (χ0v) is 18.2. The third-order valence-corrected chi connectivity index (χ3v) is 6.50. The summed E-state index contributed by atoms with van der Waals surface area (Å²) < 4.78 is 13.4. The second-order valence-electron chi connectivity index (χ2n) is 9.56. The zero-order chi connectivity index (χ0) is 22.6. The molecule has 1 N–H and O–H groups in total. The maximum Gasteiger partial charge on any atom is 0.260 e. The number of pyridine rings is 1. The molecule has 8 heteroatoms. The van der Waals surface area contributed by atoms with E-state index < -0.39 is 5.60 Å². The number of Topliss-reactive ketones (excluding diaryl/α,β-unsaturated/α-hetero) is 1. The summed E-state index contributed by atoms with van der Waals surface area (Å²) in [4.78, 5) is 39.2. The Bertz CT molecular complexity index is 1170. The van der Waals surface area contributed by atoms with Crippen LogP contribution in [0.5, 0.6) is 17.2 Å². The number of nitrogens with zero attached hydrogens (tertiary/aromatic N) is 2. The molecule has 1 aromatic carbocycles. The molecule has 0 saturated carbocycles. The highest BCUT2D eigenvalue weighted by atomic mass is 16.5. The highest BCUT2D eigenvalue weighted by Gasteiger charge is 2.37. The van der Waals surface area contributed by atoms with Crippen LogP contribution in [0.15, 0.2) is 35.1 Å². The van der Waals surface area contributed by atoms with E-state index in [4.69, 9.17) is 9.47 Å². The molecule has 0 aliphatic carbocycles. The Morgan fingerprint density at radius 1 is 1.22 bits per heavy atom. The summed E-state index contributed by atoms with van der Waals surface area (Å²) in [5.74, 6) is 0.364. The van der Waals surface area contributed by atoms with E-state index in [-0.39, 0.29) is 64.9 Å². The van der Waals surface area contributed by atoms with Gasteiger partial charge in [-0.3, -0.25) is 14.4 Å². The molecule has 2 atom stereocenters. The maximum absolute atomic E-state index is 12.9. The minimum absolute atomic E-state index is 0.0106. The largest absolute Gasteiger partial charge is 0.507 e. The third kappa shape index (κ3) is 3.63. The van der Waals surface area contributed by atoms with Crippen LogP contribution in [0.4, 0.5) is 0 Å². The summed E-state index contributed by atoms with van der Waals surface area (Å²) in [6.07, 6.45) is 1.15. The van der Waals surface area contributed by atoms with E-state index in [1.54, 1.807) is 36.9 Å².